The summed E-state index contributed by atoms with van der Waals surface area (Å²) >= 11 is 0. The van der Waals surface area contributed by atoms with E-state index in [4.69, 9.17) is 10.2 Å². The van der Waals surface area contributed by atoms with Gasteiger partial charge in [-0.15, -0.1) is 0 Å². The normalized spacial score (nSPS) is 10.4. The van der Waals surface area contributed by atoms with Crippen LogP contribution in [0.2, 0.25) is 0 Å². The average molecular weight is 249 g/mol. The van der Waals surface area contributed by atoms with Crippen LogP contribution in [0.4, 0.5) is 15.8 Å². The molecular formula is C12H12FN3O2. The van der Waals surface area contributed by atoms with Gasteiger partial charge in [-0.25, -0.2) is 9.37 Å². The molecule has 1 heterocycles. The summed E-state index contributed by atoms with van der Waals surface area (Å²) in [6, 6.07) is 3.93. The molecule has 3 N–H and O–H groups in total. The first kappa shape index (κ1) is 12.1. The molecule has 0 fully saturated rings. The van der Waals surface area contributed by atoms with Crippen molar-refractivity contribution in [2.75, 3.05) is 11.1 Å². The van der Waals surface area contributed by atoms with E-state index in [1.165, 1.54) is 18.2 Å². The smallest absolute Gasteiger partial charge is 0.293 e. The Balaban J connectivity index is 2.26. The lowest BCUT2D eigenvalue weighted by Crippen LogP contribution is -2.13. The molecule has 0 aliphatic rings. The molecule has 0 atom stereocenters. The summed E-state index contributed by atoms with van der Waals surface area (Å²) in [7, 11) is 0. The zero-order chi connectivity index (χ0) is 13.3. The van der Waals surface area contributed by atoms with Gasteiger partial charge in [0, 0.05) is 12.6 Å². The number of carbonyl (C=O) groups is 1. The van der Waals surface area contributed by atoms with Crippen LogP contribution in [0, 0.1) is 19.7 Å². The van der Waals surface area contributed by atoms with Crippen LogP contribution in [0.1, 0.15) is 22.1 Å². The molecule has 6 heteroatoms. The Morgan fingerprint density at radius 1 is 1.44 bits per heavy atom. The molecule has 1 aromatic carbocycles. The van der Waals surface area contributed by atoms with Crippen molar-refractivity contribution in [2.45, 2.75) is 13.8 Å². The average Bonchev–Trinajstić information content (AvgIpc) is 2.63. The topological polar surface area (TPSA) is 81.2 Å². The lowest BCUT2D eigenvalue weighted by molar-refractivity contribution is 0.0994. The number of nitrogens with zero attached hydrogens (tertiary/aromatic N) is 1. The highest BCUT2D eigenvalue weighted by Gasteiger charge is 2.17. The Hall–Kier alpha value is -2.37. The van der Waals surface area contributed by atoms with Crippen LogP contribution in [0.25, 0.3) is 0 Å². The van der Waals surface area contributed by atoms with Crippen molar-refractivity contribution in [3.05, 3.63) is 41.4 Å². The van der Waals surface area contributed by atoms with Gasteiger partial charge in [0.25, 0.3) is 5.91 Å². The van der Waals surface area contributed by atoms with Crippen LogP contribution >= 0.6 is 0 Å². The summed E-state index contributed by atoms with van der Waals surface area (Å²) in [5, 5.41) is 2.39. The number of hydrogen-bond acceptors (Lipinski definition) is 4. The maximum absolute atomic E-state index is 13.4. The van der Waals surface area contributed by atoms with E-state index >= 15 is 0 Å². The summed E-state index contributed by atoms with van der Waals surface area (Å²) in [5.41, 5.74) is 6.34. The highest BCUT2D eigenvalue weighted by molar-refractivity contribution is 6.03. The first-order valence-corrected chi connectivity index (χ1v) is 5.28. The fourth-order valence-corrected chi connectivity index (χ4v) is 1.56. The fourth-order valence-electron chi connectivity index (χ4n) is 1.56. The quantitative estimate of drug-likeness (QED) is 0.800. The third-order valence-corrected chi connectivity index (χ3v) is 2.35. The van der Waals surface area contributed by atoms with Crippen LogP contribution in [-0.4, -0.2) is 10.9 Å². The van der Waals surface area contributed by atoms with Crippen LogP contribution in [0.5, 0.6) is 0 Å². The number of anilines is 2. The van der Waals surface area contributed by atoms with E-state index in [0.717, 1.165) is 0 Å². The first-order chi connectivity index (χ1) is 8.47. The number of aryl methyl sites for hydroxylation is 2. The third-order valence-electron chi connectivity index (χ3n) is 2.35. The van der Waals surface area contributed by atoms with Crippen molar-refractivity contribution in [1.29, 1.82) is 0 Å². The van der Waals surface area contributed by atoms with E-state index < -0.39 is 11.7 Å². The summed E-state index contributed by atoms with van der Waals surface area (Å²) in [5.74, 6) is -0.677. The number of oxazole rings is 1. The summed E-state index contributed by atoms with van der Waals surface area (Å²) < 4.78 is 18.6. The van der Waals surface area contributed by atoms with E-state index in [-0.39, 0.29) is 11.4 Å². The molecule has 0 radical (unpaired) electrons. The minimum absolute atomic E-state index is 0.00783. The Labute approximate surface area is 103 Å². The van der Waals surface area contributed by atoms with Crippen LogP contribution < -0.4 is 11.1 Å². The summed E-state index contributed by atoms with van der Waals surface area (Å²) in [6.45, 7) is 3.27. The molecule has 0 spiro atoms. The fraction of sp³-hybridized carbons (Fsp3) is 0.167. The number of aromatic nitrogens is 1. The first-order valence-electron chi connectivity index (χ1n) is 5.28. The van der Waals surface area contributed by atoms with Crippen LogP contribution in [-0.2, 0) is 0 Å². The zero-order valence-electron chi connectivity index (χ0n) is 9.95. The van der Waals surface area contributed by atoms with Crippen molar-refractivity contribution in [3.8, 4) is 0 Å². The lowest BCUT2D eigenvalue weighted by Gasteiger charge is -2.05. The minimum Gasteiger partial charge on any atom is -0.436 e. The SMILES string of the molecule is Cc1nc(C)c(C(=O)Nc2cc(N)ccc2F)o1. The number of nitrogens with two attached hydrogens (primary N) is 1. The Bertz CT molecular complexity index is 607. The number of hydrogen-bond donors (Lipinski definition) is 2. The van der Waals surface area contributed by atoms with Gasteiger partial charge in [-0.3, -0.25) is 4.79 Å². The van der Waals surface area contributed by atoms with Gasteiger partial charge in [0.2, 0.25) is 5.76 Å². The second-order valence-corrected chi connectivity index (χ2v) is 3.84. The van der Waals surface area contributed by atoms with Crippen molar-refractivity contribution >= 4 is 17.3 Å². The predicted octanol–water partition coefficient (Wildman–Crippen LogP) is 2.27. The van der Waals surface area contributed by atoms with E-state index in [9.17, 15) is 9.18 Å². The molecule has 0 bridgehead atoms. The van der Waals surface area contributed by atoms with E-state index in [2.05, 4.69) is 10.3 Å². The van der Waals surface area contributed by atoms with Gasteiger partial charge in [0.05, 0.1) is 11.4 Å². The van der Waals surface area contributed by atoms with Gasteiger partial charge in [0.15, 0.2) is 5.89 Å². The second-order valence-electron chi connectivity index (χ2n) is 3.84. The maximum atomic E-state index is 13.4. The Morgan fingerprint density at radius 2 is 2.17 bits per heavy atom. The van der Waals surface area contributed by atoms with Gasteiger partial charge < -0.3 is 15.5 Å². The highest BCUT2D eigenvalue weighted by Crippen LogP contribution is 2.19. The molecular weight excluding hydrogens is 237 g/mol. The van der Waals surface area contributed by atoms with Crippen LogP contribution in [0.3, 0.4) is 0 Å². The lowest BCUT2D eigenvalue weighted by atomic mass is 10.2. The van der Waals surface area contributed by atoms with Gasteiger partial charge in [-0.05, 0) is 25.1 Å². The van der Waals surface area contributed by atoms with Crippen molar-refractivity contribution < 1.29 is 13.6 Å². The molecule has 0 saturated carbocycles. The number of nitrogen functional groups attached to an aromatic ring is 1. The predicted molar refractivity (Wildman–Crippen MR) is 64.7 cm³/mol. The molecule has 0 aliphatic heterocycles. The third kappa shape index (κ3) is 2.32. The van der Waals surface area contributed by atoms with Crippen molar-refractivity contribution in [1.82, 2.24) is 4.98 Å². The number of amides is 1. The minimum atomic E-state index is -0.563. The molecule has 0 saturated heterocycles. The van der Waals surface area contributed by atoms with E-state index in [1.54, 1.807) is 13.8 Å². The van der Waals surface area contributed by atoms with Crippen LogP contribution in [0.15, 0.2) is 22.6 Å². The molecule has 1 amide bonds. The summed E-state index contributed by atoms with van der Waals surface area (Å²) in [4.78, 5) is 15.8. The van der Waals surface area contributed by atoms with Gasteiger partial charge in [-0.2, -0.15) is 0 Å². The Morgan fingerprint density at radius 3 is 2.78 bits per heavy atom. The van der Waals surface area contributed by atoms with Gasteiger partial charge in [0.1, 0.15) is 5.82 Å². The molecule has 1 aromatic heterocycles. The number of rotatable bonds is 2. The van der Waals surface area contributed by atoms with Crippen molar-refractivity contribution in [3.63, 3.8) is 0 Å². The van der Waals surface area contributed by atoms with Crippen molar-refractivity contribution in [2.24, 2.45) is 0 Å². The van der Waals surface area contributed by atoms with Gasteiger partial charge in [-0.1, -0.05) is 0 Å². The zero-order valence-corrected chi connectivity index (χ0v) is 9.95. The number of nitrogens with one attached hydrogen (secondary N) is 1. The van der Waals surface area contributed by atoms with Gasteiger partial charge >= 0.3 is 0 Å². The molecule has 5 nitrogen and oxygen atoms in total. The molecule has 18 heavy (non-hydrogen) atoms. The second kappa shape index (κ2) is 4.48. The number of carbonyl (C=O) groups excluding carboxylic acids is 1. The molecule has 0 unspecified atom stereocenters. The summed E-state index contributed by atoms with van der Waals surface area (Å²) in [6.07, 6.45) is 0. The Kier molecular flexibility index (Phi) is 3.01. The molecule has 2 aromatic rings. The maximum Gasteiger partial charge on any atom is 0.293 e. The number of halogens is 1. The molecule has 0 aliphatic carbocycles. The van der Waals surface area contributed by atoms with E-state index in [1.807, 2.05) is 0 Å². The van der Waals surface area contributed by atoms with E-state index in [0.29, 0.717) is 17.3 Å². The monoisotopic (exact) mass is 249 g/mol. The number of benzene rings is 1. The molecule has 94 valence electrons. The standard InChI is InChI=1S/C12H12FN3O2/c1-6-11(18-7(2)15-6)12(17)16-10-5-8(14)3-4-9(10)13/h3-5H,14H2,1-2H3,(H,16,17). The molecule has 2 rings (SSSR count). The largest absolute Gasteiger partial charge is 0.436 e. The highest BCUT2D eigenvalue weighted by atomic mass is 19.1.